The van der Waals surface area contributed by atoms with E-state index in [2.05, 4.69) is 10.6 Å². The first-order chi connectivity index (χ1) is 20.2. The number of carbonyl (C=O) groups is 5. The Morgan fingerprint density at radius 1 is 0.881 bits per heavy atom. The number of ether oxygens (including phenoxy) is 2. The van der Waals surface area contributed by atoms with Gasteiger partial charge in [0.1, 0.15) is 25.7 Å². The van der Waals surface area contributed by atoms with Crippen molar-refractivity contribution in [3.8, 4) is 0 Å². The van der Waals surface area contributed by atoms with Crippen LogP contribution < -0.4 is 10.6 Å². The number of methoxy groups -OCH3 is 1. The Labute approximate surface area is 247 Å². The van der Waals surface area contributed by atoms with Gasteiger partial charge >= 0.3 is 18.0 Å². The summed E-state index contributed by atoms with van der Waals surface area (Å²) < 4.78 is 10.0. The van der Waals surface area contributed by atoms with Crippen LogP contribution in [0.4, 0.5) is 10.5 Å². The zero-order chi connectivity index (χ0) is 30.5. The zero-order valence-electron chi connectivity index (χ0n) is 23.1. The Bertz CT molecular complexity index is 1380. The number of carbonyl (C=O) groups excluding carboxylic acids is 4. The summed E-state index contributed by atoms with van der Waals surface area (Å²) in [5.74, 6) is -3.39. The lowest BCUT2D eigenvalue weighted by Crippen LogP contribution is -2.49. The molecule has 3 N–H and O–H groups in total. The van der Waals surface area contributed by atoms with Crippen molar-refractivity contribution in [2.75, 3.05) is 31.8 Å². The Balaban J connectivity index is 1.60. The normalized spacial score (nSPS) is 11.1. The summed E-state index contributed by atoms with van der Waals surface area (Å²) in [6, 6.07) is 21.2. The molecule has 0 unspecified atom stereocenters. The quantitative estimate of drug-likeness (QED) is 0.199. The Kier molecular flexibility index (Phi) is 11.9. The van der Waals surface area contributed by atoms with Gasteiger partial charge < -0.3 is 24.8 Å². The molecule has 0 spiro atoms. The van der Waals surface area contributed by atoms with Gasteiger partial charge in [-0.25, -0.2) is 9.59 Å². The number of aliphatic carboxylic acids is 1. The van der Waals surface area contributed by atoms with Gasteiger partial charge in [0.05, 0.1) is 7.11 Å². The molecule has 11 nitrogen and oxygen atoms in total. The van der Waals surface area contributed by atoms with Crippen LogP contribution in [0.25, 0.3) is 0 Å². The summed E-state index contributed by atoms with van der Waals surface area (Å²) in [4.78, 5) is 63.6. The van der Waals surface area contributed by atoms with Crippen LogP contribution in [0.3, 0.4) is 0 Å². The highest BCUT2D eigenvalue weighted by molar-refractivity contribution is 7.98. The van der Waals surface area contributed by atoms with Crippen molar-refractivity contribution < 1.29 is 38.6 Å². The minimum atomic E-state index is -1.29. The minimum absolute atomic E-state index is 0.0418. The van der Waals surface area contributed by atoms with Crippen LogP contribution in [0, 0.1) is 0 Å². The third-order valence-corrected chi connectivity index (χ3v) is 6.70. The third kappa shape index (κ3) is 9.97. The zero-order valence-corrected chi connectivity index (χ0v) is 23.9. The van der Waals surface area contributed by atoms with Gasteiger partial charge in [-0.1, -0.05) is 42.5 Å². The summed E-state index contributed by atoms with van der Waals surface area (Å²) in [7, 11) is 1.17. The molecule has 0 fully saturated rings. The van der Waals surface area contributed by atoms with E-state index in [1.807, 2.05) is 36.6 Å². The highest BCUT2D eigenvalue weighted by Gasteiger charge is 2.26. The molecule has 12 heteroatoms. The van der Waals surface area contributed by atoms with Crippen LogP contribution in [0.5, 0.6) is 0 Å². The first-order valence-corrected chi connectivity index (χ1v) is 14.0. The molecule has 0 heterocycles. The minimum Gasteiger partial charge on any atom is -0.480 e. The Morgan fingerprint density at radius 2 is 1.55 bits per heavy atom. The fraction of sp³-hybridized carbons (Fsp3) is 0.233. The second-order valence-corrected chi connectivity index (χ2v) is 9.89. The average Bonchev–Trinajstić information content (AvgIpc) is 3.00. The van der Waals surface area contributed by atoms with Gasteiger partial charge in [0, 0.05) is 22.6 Å². The number of hydrogen-bond acceptors (Lipinski definition) is 8. The summed E-state index contributed by atoms with van der Waals surface area (Å²) in [5, 5.41) is 14.4. The van der Waals surface area contributed by atoms with Gasteiger partial charge in [0.15, 0.2) is 0 Å². The van der Waals surface area contributed by atoms with Crippen molar-refractivity contribution in [3.63, 3.8) is 0 Å². The fourth-order valence-electron chi connectivity index (χ4n) is 3.86. The van der Waals surface area contributed by atoms with Gasteiger partial charge in [0.25, 0.3) is 5.91 Å². The van der Waals surface area contributed by atoms with E-state index in [4.69, 9.17) is 9.47 Å². The summed E-state index contributed by atoms with van der Waals surface area (Å²) >= 11 is 1.48. The second-order valence-electron chi connectivity index (χ2n) is 9.01. The number of hydrogen-bond donors (Lipinski definition) is 3. The number of rotatable bonds is 13. The predicted molar refractivity (Wildman–Crippen MR) is 156 cm³/mol. The number of esters is 1. The molecule has 0 aromatic heterocycles. The van der Waals surface area contributed by atoms with E-state index in [0.717, 1.165) is 15.4 Å². The molecular formula is C30H31N3O8S. The molecule has 0 saturated carbocycles. The van der Waals surface area contributed by atoms with E-state index in [1.54, 1.807) is 48.5 Å². The molecule has 0 aliphatic rings. The lowest BCUT2D eigenvalue weighted by molar-refractivity contribution is -0.145. The topological polar surface area (TPSA) is 151 Å². The standard InChI is InChI=1S/C30H31N3O8S/c1-40-29(38)25(16-20-8-12-23(13-9-20)31-30(39)41-19-21-6-4-3-5-7-21)32-26(34)17-33(18-27(35)36)28(37)22-10-14-24(42-2)15-11-22/h3-15,25H,16-19H2,1-2H3,(H,31,39)(H,32,34)(H,35,36)/t25-/m0/s1. The highest BCUT2D eigenvalue weighted by atomic mass is 32.2. The van der Waals surface area contributed by atoms with Gasteiger partial charge in [-0.05, 0) is 53.8 Å². The van der Waals surface area contributed by atoms with Crippen molar-refractivity contribution in [3.05, 3.63) is 95.6 Å². The highest BCUT2D eigenvalue weighted by Crippen LogP contribution is 2.16. The maximum atomic E-state index is 12.9. The van der Waals surface area contributed by atoms with Gasteiger partial charge in [-0.15, -0.1) is 11.8 Å². The molecule has 42 heavy (non-hydrogen) atoms. The maximum absolute atomic E-state index is 12.9. The van der Waals surface area contributed by atoms with Crippen LogP contribution in [0.1, 0.15) is 21.5 Å². The number of thioether (sulfide) groups is 1. The van der Waals surface area contributed by atoms with E-state index in [0.29, 0.717) is 11.3 Å². The van der Waals surface area contributed by atoms with Crippen molar-refractivity contribution in [2.24, 2.45) is 0 Å². The van der Waals surface area contributed by atoms with Crippen LogP contribution >= 0.6 is 11.8 Å². The number of nitrogens with one attached hydrogen (secondary N) is 2. The number of amides is 3. The van der Waals surface area contributed by atoms with Gasteiger partial charge in [0.2, 0.25) is 5.91 Å². The van der Waals surface area contributed by atoms with E-state index in [1.165, 1.54) is 18.9 Å². The number of carboxylic acid groups (broad SMARTS) is 1. The second kappa shape index (κ2) is 15.8. The van der Waals surface area contributed by atoms with Crippen LogP contribution in [0.2, 0.25) is 0 Å². The largest absolute Gasteiger partial charge is 0.480 e. The molecule has 0 aliphatic carbocycles. The lowest BCUT2D eigenvalue weighted by Gasteiger charge is -2.22. The van der Waals surface area contributed by atoms with Crippen LogP contribution in [-0.4, -0.2) is 72.3 Å². The lowest BCUT2D eigenvalue weighted by atomic mass is 10.1. The number of benzene rings is 3. The Morgan fingerprint density at radius 3 is 2.14 bits per heavy atom. The van der Waals surface area contributed by atoms with E-state index >= 15 is 0 Å². The van der Waals surface area contributed by atoms with E-state index in [-0.39, 0.29) is 18.6 Å². The van der Waals surface area contributed by atoms with Gasteiger partial charge in [-0.3, -0.25) is 19.7 Å². The average molecular weight is 594 g/mol. The molecular weight excluding hydrogens is 562 g/mol. The number of anilines is 1. The first kappa shape index (κ1) is 31.7. The molecule has 1 atom stereocenters. The van der Waals surface area contributed by atoms with Crippen molar-refractivity contribution in [2.45, 2.75) is 24.0 Å². The molecule has 3 rings (SSSR count). The first-order valence-electron chi connectivity index (χ1n) is 12.8. The fourth-order valence-corrected chi connectivity index (χ4v) is 4.27. The molecule has 3 amide bonds. The number of carboxylic acids is 1. The van der Waals surface area contributed by atoms with Crippen LogP contribution in [0.15, 0.2) is 83.8 Å². The molecule has 0 bridgehead atoms. The third-order valence-electron chi connectivity index (χ3n) is 5.96. The maximum Gasteiger partial charge on any atom is 0.411 e. The molecule has 3 aromatic carbocycles. The Hall–Kier alpha value is -4.84. The van der Waals surface area contributed by atoms with Gasteiger partial charge in [-0.2, -0.15) is 0 Å². The summed E-state index contributed by atoms with van der Waals surface area (Å²) in [6.07, 6.45) is 1.29. The van der Waals surface area contributed by atoms with E-state index < -0.39 is 49.0 Å². The molecule has 0 aliphatic heterocycles. The molecule has 3 aromatic rings. The summed E-state index contributed by atoms with van der Waals surface area (Å²) in [5.41, 5.74) is 2.17. The molecule has 220 valence electrons. The van der Waals surface area contributed by atoms with Crippen molar-refractivity contribution >= 4 is 47.3 Å². The van der Waals surface area contributed by atoms with Crippen LogP contribution in [-0.2, 0) is 36.9 Å². The predicted octanol–water partition coefficient (Wildman–Crippen LogP) is 3.58. The monoisotopic (exact) mass is 593 g/mol. The summed E-state index contributed by atoms with van der Waals surface area (Å²) in [6.45, 7) is -1.18. The SMILES string of the molecule is COC(=O)[C@H](Cc1ccc(NC(=O)OCc2ccccc2)cc1)NC(=O)CN(CC(=O)O)C(=O)c1ccc(SC)cc1. The number of nitrogens with zero attached hydrogens (tertiary/aromatic N) is 1. The van der Waals surface area contributed by atoms with Crippen molar-refractivity contribution in [1.29, 1.82) is 0 Å². The van der Waals surface area contributed by atoms with E-state index in [9.17, 15) is 29.1 Å². The molecule has 0 saturated heterocycles. The van der Waals surface area contributed by atoms with Crippen molar-refractivity contribution in [1.82, 2.24) is 10.2 Å². The smallest absolute Gasteiger partial charge is 0.411 e. The molecule has 0 radical (unpaired) electrons.